The van der Waals surface area contributed by atoms with Gasteiger partial charge in [-0.3, -0.25) is 9.71 Å². The zero-order valence-electron chi connectivity index (χ0n) is 9.47. The number of benzene rings is 1. The molecule has 0 aliphatic carbocycles. The van der Waals surface area contributed by atoms with Gasteiger partial charge in [-0.2, -0.15) is 0 Å². The molecule has 0 saturated carbocycles. The molecule has 0 fully saturated rings. The van der Waals surface area contributed by atoms with Gasteiger partial charge in [0.1, 0.15) is 10.7 Å². The zero-order chi connectivity index (χ0) is 14.0. The van der Waals surface area contributed by atoms with E-state index in [1.165, 1.54) is 18.3 Å². The van der Waals surface area contributed by atoms with E-state index in [4.69, 9.17) is 5.73 Å². The van der Waals surface area contributed by atoms with Crippen molar-refractivity contribution in [1.82, 2.24) is 4.98 Å². The second-order valence-corrected chi connectivity index (χ2v) is 5.24. The van der Waals surface area contributed by atoms with Gasteiger partial charge in [-0.05, 0) is 18.2 Å². The molecular formula is C11H9F2N3O2S. The summed E-state index contributed by atoms with van der Waals surface area (Å²) in [6.07, 6.45) is 2.04. The van der Waals surface area contributed by atoms with Crippen molar-refractivity contribution in [2.45, 2.75) is 4.90 Å². The van der Waals surface area contributed by atoms with E-state index in [1.807, 2.05) is 4.72 Å². The average Bonchev–Trinajstić information content (AvgIpc) is 2.31. The SMILES string of the molecule is Nc1cccc(F)c1S(=O)(=O)Nc1ccncc1F. The van der Waals surface area contributed by atoms with Gasteiger partial charge in [-0.25, -0.2) is 17.2 Å². The van der Waals surface area contributed by atoms with Gasteiger partial charge < -0.3 is 5.73 Å². The summed E-state index contributed by atoms with van der Waals surface area (Å²) in [5.74, 6) is -1.89. The fourth-order valence-corrected chi connectivity index (χ4v) is 2.72. The molecule has 19 heavy (non-hydrogen) atoms. The summed E-state index contributed by atoms with van der Waals surface area (Å²) in [6, 6.07) is 4.58. The average molecular weight is 285 g/mol. The van der Waals surface area contributed by atoms with E-state index in [-0.39, 0.29) is 11.4 Å². The molecule has 0 saturated heterocycles. The molecule has 0 unspecified atom stereocenters. The van der Waals surface area contributed by atoms with Gasteiger partial charge in [0.25, 0.3) is 10.0 Å². The summed E-state index contributed by atoms with van der Waals surface area (Å²) in [5.41, 5.74) is 4.84. The van der Waals surface area contributed by atoms with Crippen molar-refractivity contribution >= 4 is 21.4 Å². The first kappa shape index (κ1) is 13.2. The predicted octanol–water partition coefficient (Wildman–Crippen LogP) is 1.74. The van der Waals surface area contributed by atoms with E-state index < -0.39 is 26.6 Å². The first-order chi connectivity index (χ1) is 8.92. The Morgan fingerprint density at radius 1 is 1.16 bits per heavy atom. The molecule has 1 aromatic heterocycles. The normalized spacial score (nSPS) is 11.3. The lowest BCUT2D eigenvalue weighted by atomic mass is 10.3. The Morgan fingerprint density at radius 2 is 1.89 bits per heavy atom. The summed E-state index contributed by atoms with van der Waals surface area (Å²) >= 11 is 0. The molecule has 1 heterocycles. The van der Waals surface area contributed by atoms with Crippen LogP contribution >= 0.6 is 0 Å². The highest BCUT2D eigenvalue weighted by molar-refractivity contribution is 7.92. The number of nitrogens with zero attached hydrogens (tertiary/aromatic N) is 1. The van der Waals surface area contributed by atoms with E-state index in [9.17, 15) is 17.2 Å². The van der Waals surface area contributed by atoms with Gasteiger partial charge in [-0.15, -0.1) is 0 Å². The molecular weight excluding hydrogens is 276 g/mol. The molecule has 2 aromatic rings. The number of anilines is 2. The Kier molecular flexibility index (Phi) is 3.34. The summed E-state index contributed by atoms with van der Waals surface area (Å²) < 4.78 is 52.7. The molecule has 0 amide bonds. The third-order valence-corrected chi connectivity index (χ3v) is 3.74. The van der Waals surface area contributed by atoms with Crippen LogP contribution in [0.2, 0.25) is 0 Å². The number of hydrogen-bond donors (Lipinski definition) is 2. The highest BCUT2D eigenvalue weighted by Crippen LogP contribution is 2.24. The van der Waals surface area contributed by atoms with Gasteiger partial charge >= 0.3 is 0 Å². The van der Waals surface area contributed by atoms with Crippen LogP contribution in [-0.4, -0.2) is 13.4 Å². The molecule has 0 bridgehead atoms. The second-order valence-electron chi connectivity index (χ2n) is 3.62. The zero-order valence-corrected chi connectivity index (χ0v) is 10.3. The number of sulfonamides is 1. The Morgan fingerprint density at radius 3 is 2.53 bits per heavy atom. The Hall–Kier alpha value is -2.22. The molecule has 5 nitrogen and oxygen atoms in total. The van der Waals surface area contributed by atoms with Crippen molar-refractivity contribution < 1.29 is 17.2 Å². The molecule has 3 N–H and O–H groups in total. The molecule has 2 rings (SSSR count). The molecule has 0 atom stereocenters. The highest BCUT2D eigenvalue weighted by atomic mass is 32.2. The maximum atomic E-state index is 13.5. The third kappa shape index (κ3) is 2.63. The molecule has 0 aliphatic heterocycles. The van der Waals surface area contributed by atoms with Gasteiger partial charge in [0.05, 0.1) is 17.6 Å². The number of pyridine rings is 1. The van der Waals surface area contributed by atoms with Crippen LogP contribution in [0.25, 0.3) is 0 Å². The fraction of sp³-hybridized carbons (Fsp3) is 0. The lowest BCUT2D eigenvalue weighted by Gasteiger charge is -2.11. The largest absolute Gasteiger partial charge is 0.398 e. The molecule has 0 spiro atoms. The molecule has 100 valence electrons. The number of nitrogens with two attached hydrogens (primary N) is 1. The van der Waals surface area contributed by atoms with Gasteiger partial charge in [0.15, 0.2) is 5.82 Å². The predicted molar refractivity (Wildman–Crippen MR) is 65.8 cm³/mol. The van der Waals surface area contributed by atoms with Crippen LogP contribution < -0.4 is 10.5 Å². The number of hydrogen-bond acceptors (Lipinski definition) is 4. The summed E-state index contributed by atoms with van der Waals surface area (Å²) in [7, 11) is -4.31. The van der Waals surface area contributed by atoms with Gasteiger partial charge in [0.2, 0.25) is 0 Å². The van der Waals surface area contributed by atoms with Gasteiger partial charge in [0, 0.05) is 6.20 Å². The van der Waals surface area contributed by atoms with Crippen molar-refractivity contribution in [2.24, 2.45) is 0 Å². The summed E-state index contributed by atoms with van der Waals surface area (Å²) in [4.78, 5) is 2.76. The Bertz CT molecular complexity index is 699. The van der Waals surface area contributed by atoms with Crippen molar-refractivity contribution in [3.05, 3.63) is 48.3 Å². The van der Waals surface area contributed by atoms with Crippen molar-refractivity contribution in [3.8, 4) is 0 Å². The van der Waals surface area contributed by atoms with Crippen molar-refractivity contribution in [2.75, 3.05) is 10.5 Å². The first-order valence-corrected chi connectivity index (χ1v) is 6.56. The van der Waals surface area contributed by atoms with E-state index in [1.54, 1.807) is 0 Å². The van der Waals surface area contributed by atoms with Crippen LogP contribution in [0.1, 0.15) is 0 Å². The number of aromatic nitrogens is 1. The van der Waals surface area contributed by atoms with Crippen molar-refractivity contribution in [3.63, 3.8) is 0 Å². The molecule has 8 heteroatoms. The van der Waals surface area contributed by atoms with Crippen molar-refractivity contribution in [1.29, 1.82) is 0 Å². The number of nitrogens with one attached hydrogen (secondary N) is 1. The minimum atomic E-state index is -4.31. The van der Waals surface area contributed by atoms with E-state index >= 15 is 0 Å². The first-order valence-electron chi connectivity index (χ1n) is 5.08. The van der Waals surface area contributed by atoms with Gasteiger partial charge in [-0.1, -0.05) is 6.07 Å². The monoisotopic (exact) mass is 285 g/mol. The Labute approximate surface area is 108 Å². The van der Waals surface area contributed by atoms with E-state index in [2.05, 4.69) is 4.98 Å². The lowest BCUT2D eigenvalue weighted by Crippen LogP contribution is -2.17. The quantitative estimate of drug-likeness (QED) is 0.841. The number of nitrogen functional groups attached to an aromatic ring is 1. The molecule has 0 aliphatic rings. The van der Waals surface area contributed by atoms with Crippen LogP contribution in [0.15, 0.2) is 41.6 Å². The Balaban J connectivity index is 2.47. The van der Waals surface area contributed by atoms with Crippen LogP contribution in [0.3, 0.4) is 0 Å². The molecule has 0 radical (unpaired) electrons. The van der Waals surface area contributed by atoms with E-state index in [0.717, 1.165) is 18.3 Å². The second kappa shape index (κ2) is 4.81. The highest BCUT2D eigenvalue weighted by Gasteiger charge is 2.23. The van der Waals surface area contributed by atoms with Crippen LogP contribution in [-0.2, 0) is 10.0 Å². The summed E-state index contributed by atoms with van der Waals surface area (Å²) in [5, 5.41) is 0. The van der Waals surface area contributed by atoms with Crippen LogP contribution in [0, 0.1) is 11.6 Å². The van der Waals surface area contributed by atoms with E-state index in [0.29, 0.717) is 0 Å². The smallest absolute Gasteiger partial charge is 0.266 e. The standard InChI is InChI=1S/C11H9F2N3O2S/c12-7-2-1-3-9(14)11(7)19(17,18)16-10-4-5-15-6-8(10)13/h1-6H,14H2,(H,15,16). The maximum absolute atomic E-state index is 13.5. The number of rotatable bonds is 3. The number of halogens is 2. The summed E-state index contributed by atoms with van der Waals surface area (Å²) in [6.45, 7) is 0. The minimum absolute atomic E-state index is 0.262. The maximum Gasteiger partial charge on any atom is 0.266 e. The fourth-order valence-electron chi connectivity index (χ4n) is 1.46. The van der Waals surface area contributed by atoms with Crippen LogP contribution in [0.4, 0.5) is 20.2 Å². The topological polar surface area (TPSA) is 85.1 Å². The third-order valence-electron chi connectivity index (χ3n) is 2.28. The minimum Gasteiger partial charge on any atom is -0.398 e. The van der Waals surface area contributed by atoms with Crippen LogP contribution in [0.5, 0.6) is 0 Å². The molecule has 1 aromatic carbocycles. The lowest BCUT2D eigenvalue weighted by molar-refractivity contribution is 0.570.